The van der Waals surface area contributed by atoms with Crippen LogP contribution < -0.4 is 17.0 Å². The molecule has 0 spiro atoms. The van der Waals surface area contributed by atoms with Crippen molar-refractivity contribution in [3.63, 3.8) is 0 Å². The van der Waals surface area contributed by atoms with Gasteiger partial charge in [-0.3, -0.25) is 14.8 Å². The average Bonchev–Trinajstić information content (AvgIpc) is 2.89. The molecule has 2 aromatic heterocycles. The number of rotatable bonds is 2. The number of nitrogens with zero attached hydrogens (tertiary/aromatic N) is 2. The molecule has 0 amide bonds. The molecule has 0 aliphatic carbocycles. The van der Waals surface area contributed by atoms with Gasteiger partial charge in [0.15, 0.2) is 11.2 Å². The highest BCUT2D eigenvalue weighted by atomic mass is 16.5. The first-order chi connectivity index (χ1) is 9.51. The summed E-state index contributed by atoms with van der Waals surface area (Å²) in [5, 5.41) is 18.8. The number of imidazole rings is 1. The number of aliphatic hydroxyl groups excluding tert-OH is 2. The molecule has 10 heteroatoms. The smallest absolute Gasteiger partial charge is 0.329 e. The van der Waals surface area contributed by atoms with Gasteiger partial charge in [-0.15, -0.1) is 0 Å². The predicted octanol–water partition coefficient (Wildman–Crippen LogP) is -2.36. The lowest BCUT2D eigenvalue weighted by molar-refractivity contribution is -0.0441. The number of nitrogens with one attached hydrogen (secondary N) is 2. The zero-order chi connectivity index (χ0) is 14.4. The summed E-state index contributed by atoms with van der Waals surface area (Å²) in [5.74, 6) is -0.132. The van der Waals surface area contributed by atoms with Crippen molar-refractivity contribution in [1.29, 1.82) is 0 Å². The van der Waals surface area contributed by atoms with Crippen LogP contribution in [0.25, 0.3) is 11.2 Å². The molecule has 1 saturated heterocycles. The first-order valence-electron chi connectivity index (χ1n) is 5.95. The molecule has 3 rings (SSSR count). The van der Waals surface area contributed by atoms with Crippen LogP contribution in [0.3, 0.4) is 0 Å². The average molecular weight is 283 g/mol. The van der Waals surface area contributed by atoms with E-state index >= 15 is 0 Å². The number of nitrogens with two attached hydrogens (primary N) is 1. The minimum absolute atomic E-state index is 0.0188. The van der Waals surface area contributed by atoms with Gasteiger partial charge in [-0.1, -0.05) is 0 Å². The fraction of sp³-hybridized carbons (Fsp3) is 0.500. The maximum atomic E-state index is 11.9. The number of anilines is 1. The monoisotopic (exact) mass is 283 g/mol. The van der Waals surface area contributed by atoms with Crippen molar-refractivity contribution < 1.29 is 14.9 Å². The van der Waals surface area contributed by atoms with E-state index in [1.165, 1.54) is 0 Å². The number of ether oxygens (including phenoxy) is 1. The molecule has 1 aliphatic rings. The van der Waals surface area contributed by atoms with Gasteiger partial charge < -0.3 is 20.7 Å². The number of H-pyrrole nitrogens is 2. The van der Waals surface area contributed by atoms with Crippen molar-refractivity contribution in [2.75, 3.05) is 12.3 Å². The van der Waals surface area contributed by atoms with E-state index in [9.17, 15) is 14.7 Å². The summed E-state index contributed by atoms with van der Waals surface area (Å²) in [4.78, 5) is 32.2. The van der Waals surface area contributed by atoms with Crippen molar-refractivity contribution in [2.45, 2.75) is 24.9 Å². The van der Waals surface area contributed by atoms with Crippen molar-refractivity contribution in [3.05, 3.63) is 20.8 Å². The Morgan fingerprint density at radius 1 is 1.45 bits per heavy atom. The lowest BCUT2D eigenvalue weighted by Gasteiger charge is -2.12. The number of nitrogen functional groups attached to an aromatic ring is 1. The van der Waals surface area contributed by atoms with E-state index in [-0.39, 0.29) is 30.1 Å². The minimum atomic E-state index is -0.902. The summed E-state index contributed by atoms with van der Waals surface area (Å²) in [5.41, 5.74) is 4.32. The highest BCUT2D eigenvalue weighted by molar-refractivity contribution is 5.70. The second-order valence-electron chi connectivity index (χ2n) is 4.56. The van der Waals surface area contributed by atoms with Crippen molar-refractivity contribution in [3.8, 4) is 0 Å². The van der Waals surface area contributed by atoms with E-state index in [1.54, 1.807) is 0 Å². The van der Waals surface area contributed by atoms with Gasteiger partial charge in [0.1, 0.15) is 12.3 Å². The highest BCUT2D eigenvalue weighted by Crippen LogP contribution is 2.28. The zero-order valence-electron chi connectivity index (χ0n) is 10.2. The van der Waals surface area contributed by atoms with Crippen LogP contribution in [-0.2, 0) is 4.74 Å². The van der Waals surface area contributed by atoms with E-state index in [4.69, 9.17) is 15.6 Å². The van der Waals surface area contributed by atoms with Crippen molar-refractivity contribution in [2.24, 2.45) is 0 Å². The molecule has 108 valence electrons. The maximum Gasteiger partial charge on any atom is 0.329 e. The van der Waals surface area contributed by atoms with Gasteiger partial charge in [0, 0.05) is 6.42 Å². The van der Waals surface area contributed by atoms with Crippen LogP contribution in [0.4, 0.5) is 5.95 Å². The molecule has 3 atom stereocenters. The maximum absolute atomic E-state index is 11.9. The van der Waals surface area contributed by atoms with Crippen LogP contribution in [-0.4, -0.2) is 48.5 Å². The molecule has 0 radical (unpaired) electrons. The lowest BCUT2D eigenvalue weighted by atomic mass is 10.2. The van der Waals surface area contributed by atoms with Gasteiger partial charge in [-0.25, -0.2) is 9.36 Å². The summed E-state index contributed by atoms with van der Waals surface area (Å²) in [7, 11) is 0. The summed E-state index contributed by atoms with van der Waals surface area (Å²) >= 11 is 0. The first-order valence-corrected chi connectivity index (χ1v) is 5.95. The molecule has 0 saturated carbocycles. The standard InChI is InChI=1S/C10H13N5O5/c11-9-13-7-6(8(18)14-9)12-10(19)15(7)5-1-3(17)4(2-16)20-5/h3-5,16-17H,1-2H2,(H,12,19)(H3,11,13,14,18)/t3-,4+,5-/m1/s1. The zero-order valence-corrected chi connectivity index (χ0v) is 10.2. The van der Waals surface area contributed by atoms with E-state index in [1.807, 2.05) is 0 Å². The van der Waals surface area contributed by atoms with Crippen LogP contribution in [0.15, 0.2) is 9.59 Å². The molecule has 2 aromatic rings. The highest BCUT2D eigenvalue weighted by Gasteiger charge is 2.36. The minimum Gasteiger partial charge on any atom is -0.394 e. The third-order valence-corrected chi connectivity index (χ3v) is 3.27. The number of hydrogen-bond acceptors (Lipinski definition) is 7. The molecule has 0 bridgehead atoms. The third kappa shape index (κ3) is 1.81. The molecule has 10 nitrogen and oxygen atoms in total. The Bertz CT molecular complexity index is 761. The Hall–Kier alpha value is -2.17. The molecular formula is C10H13N5O5. The van der Waals surface area contributed by atoms with E-state index in [2.05, 4.69) is 15.0 Å². The van der Waals surface area contributed by atoms with Gasteiger partial charge in [0.05, 0.1) is 12.7 Å². The summed E-state index contributed by atoms with van der Waals surface area (Å²) < 4.78 is 6.50. The Labute approximate surface area is 110 Å². The Balaban J connectivity index is 2.15. The van der Waals surface area contributed by atoms with E-state index < -0.39 is 29.7 Å². The van der Waals surface area contributed by atoms with Crippen LogP contribution in [0, 0.1) is 0 Å². The van der Waals surface area contributed by atoms with Gasteiger partial charge in [0.2, 0.25) is 5.95 Å². The SMILES string of the molecule is Nc1nc2c([nH]c(=O)n2[C@H]2C[C@@H](O)[C@H](CO)O2)c(=O)[nH]1. The topological polar surface area (TPSA) is 159 Å². The normalized spacial score (nSPS) is 26.4. The Morgan fingerprint density at radius 3 is 2.85 bits per heavy atom. The third-order valence-electron chi connectivity index (χ3n) is 3.27. The molecule has 0 unspecified atom stereocenters. The second-order valence-corrected chi connectivity index (χ2v) is 4.56. The fourth-order valence-electron chi connectivity index (χ4n) is 2.33. The molecule has 3 heterocycles. The van der Waals surface area contributed by atoms with Gasteiger partial charge in [-0.2, -0.15) is 4.98 Å². The van der Waals surface area contributed by atoms with Crippen molar-refractivity contribution >= 4 is 17.1 Å². The largest absolute Gasteiger partial charge is 0.394 e. The Kier molecular flexibility index (Phi) is 2.85. The molecule has 0 aromatic carbocycles. The predicted molar refractivity (Wildman–Crippen MR) is 67.0 cm³/mol. The molecular weight excluding hydrogens is 270 g/mol. The summed E-state index contributed by atoms with van der Waals surface area (Å²) in [6.07, 6.45) is -2.40. The quantitative estimate of drug-likeness (QED) is 0.412. The molecule has 1 fully saturated rings. The van der Waals surface area contributed by atoms with Gasteiger partial charge in [0.25, 0.3) is 5.56 Å². The summed E-state index contributed by atoms with van der Waals surface area (Å²) in [6.45, 7) is -0.370. The van der Waals surface area contributed by atoms with E-state index in [0.717, 1.165) is 4.57 Å². The van der Waals surface area contributed by atoms with Crippen LogP contribution >= 0.6 is 0 Å². The number of aromatic nitrogens is 4. The number of fused-ring (bicyclic) bond motifs is 1. The second kappa shape index (κ2) is 4.44. The van der Waals surface area contributed by atoms with Gasteiger partial charge >= 0.3 is 5.69 Å². The lowest BCUT2D eigenvalue weighted by Crippen LogP contribution is -2.25. The molecule has 6 N–H and O–H groups in total. The van der Waals surface area contributed by atoms with Crippen LogP contribution in [0.1, 0.15) is 12.6 Å². The first kappa shape index (κ1) is 12.8. The fourth-order valence-corrected chi connectivity index (χ4v) is 2.33. The number of aliphatic hydroxyl groups is 2. The van der Waals surface area contributed by atoms with E-state index in [0.29, 0.717) is 0 Å². The molecule has 20 heavy (non-hydrogen) atoms. The van der Waals surface area contributed by atoms with Gasteiger partial charge in [-0.05, 0) is 0 Å². The van der Waals surface area contributed by atoms with Crippen molar-refractivity contribution in [1.82, 2.24) is 19.5 Å². The Morgan fingerprint density at radius 2 is 2.20 bits per heavy atom. The molecule has 1 aliphatic heterocycles. The number of aromatic amines is 2. The summed E-state index contributed by atoms with van der Waals surface area (Å²) in [6, 6.07) is 0. The van der Waals surface area contributed by atoms with Crippen LogP contribution in [0.2, 0.25) is 0 Å². The van der Waals surface area contributed by atoms with Crippen LogP contribution in [0.5, 0.6) is 0 Å². The number of hydrogen-bond donors (Lipinski definition) is 5.